The maximum absolute atomic E-state index is 12.5. The molecule has 0 saturated heterocycles. The number of pyridine rings is 1. The highest BCUT2D eigenvalue weighted by atomic mass is 16.6. The number of nitrogens with zero attached hydrogens (tertiary/aromatic N) is 3. The predicted octanol–water partition coefficient (Wildman–Crippen LogP) is 2.18. The molecule has 1 aliphatic heterocycles. The smallest absolute Gasteiger partial charge is 0.251 e. The highest BCUT2D eigenvalue weighted by Crippen LogP contribution is 2.32. The lowest BCUT2D eigenvalue weighted by Gasteiger charge is -2.20. The second kappa shape index (κ2) is 7.45. The Morgan fingerprint density at radius 2 is 2.04 bits per heavy atom. The van der Waals surface area contributed by atoms with E-state index in [4.69, 9.17) is 14.0 Å². The van der Waals surface area contributed by atoms with E-state index in [0.29, 0.717) is 55.0 Å². The predicted molar refractivity (Wildman–Crippen MR) is 95.7 cm³/mol. The number of carbonyl (C=O) groups is 1. The number of amides is 1. The fourth-order valence-corrected chi connectivity index (χ4v) is 2.78. The minimum Gasteiger partial charge on any atom is -0.486 e. The molecule has 0 fully saturated rings. The zero-order valence-corrected chi connectivity index (χ0v) is 14.8. The molecule has 27 heavy (non-hydrogen) atoms. The van der Waals surface area contributed by atoms with Crippen molar-refractivity contribution < 1.29 is 18.8 Å². The molecule has 1 aliphatic rings. The molecule has 8 nitrogen and oxygen atoms in total. The molecule has 1 amide bonds. The number of hydrogen-bond acceptors (Lipinski definition) is 7. The zero-order chi connectivity index (χ0) is 18.6. The molecular formula is C19H18N4O4. The Balaban J connectivity index is 1.37. The van der Waals surface area contributed by atoms with E-state index in [0.717, 1.165) is 11.1 Å². The van der Waals surface area contributed by atoms with E-state index in [1.54, 1.807) is 24.5 Å². The van der Waals surface area contributed by atoms with Gasteiger partial charge >= 0.3 is 0 Å². The molecule has 2 aromatic heterocycles. The number of fused-ring (bicyclic) bond motifs is 1. The van der Waals surface area contributed by atoms with Crippen LogP contribution in [0.2, 0.25) is 0 Å². The molecule has 0 unspecified atom stereocenters. The number of aromatic nitrogens is 3. The first-order chi connectivity index (χ1) is 13.2. The standard InChI is InChI=1S/C19H18N4O4/c1-12-9-15-16(26-8-7-25-15)10-14(12)19(24)21-6-4-17-22-18(23-27-17)13-3-2-5-20-11-13/h2-3,5,9-11H,4,6-8H2,1H3,(H,21,24). The van der Waals surface area contributed by atoms with Crippen LogP contribution in [0.4, 0.5) is 0 Å². The van der Waals surface area contributed by atoms with Gasteiger partial charge in [0.25, 0.3) is 5.91 Å². The first-order valence-electron chi connectivity index (χ1n) is 8.62. The SMILES string of the molecule is Cc1cc2c(cc1C(=O)NCCc1nc(-c3cccnc3)no1)OCCO2. The maximum Gasteiger partial charge on any atom is 0.251 e. The van der Waals surface area contributed by atoms with Crippen molar-refractivity contribution in [2.75, 3.05) is 19.8 Å². The Bertz CT molecular complexity index is 956. The fraction of sp³-hybridized carbons (Fsp3) is 0.263. The van der Waals surface area contributed by atoms with Gasteiger partial charge in [0.05, 0.1) is 0 Å². The lowest BCUT2D eigenvalue weighted by atomic mass is 10.1. The van der Waals surface area contributed by atoms with E-state index >= 15 is 0 Å². The largest absolute Gasteiger partial charge is 0.486 e. The number of nitrogens with one attached hydrogen (secondary N) is 1. The maximum atomic E-state index is 12.5. The highest BCUT2D eigenvalue weighted by Gasteiger charge is 2.18. The van der Waals surface area contributed by atoms with Crippen LogP contribution in [0, 0.1) is 6.92 Å². The minimum absolute atomic E-state index is 0.184. The average molecular weight is 366 g/mol. The molecule has 0 spiro atoms. The van der Waals surface area contributed by atoms with Crippen LogP contribution in [0.25, 0.3) is 11.4 Å². The summed E-state index contributed by atoms with van der Waals surface area (Å²) in [7, 11) is 0. The van der Waals surface area contributed by atoms with Crippen molar-refractivity contribution in [1.29, 1.82) is 0 Å². The molecule has 138 valence electrons. The van der Waals surface area contributed by atoms with Gasteiger partial charge in [-0.25, -0.2) is 0 Å². The Morgan fingerprint density at radius 3 is 2.81 bits per heavy atom. The van der Waals surface area contributed by atoms with Crippen LogP contribution < -0.4 is 14.8 Å². The van der Waals surface area contributed by atoms with Crippen molar-refractivity contribution in [2.24, 2.45) is 0 Å². The first kappa shape index (κ1) is 17.0. The van der Waals surface area contributed by atoms with Gasteiger partial charge in [-0.1, -0.05) is 5.16 Å². The number of ether oxygens (including phenoxy) is 2. The van der Waals surface area contributed by atoms with Crippen LogP contribution in [-0.4, -0.2) is 40.8 Å². The number of carbonyl (C=O) groups excluding carboxylic acids is 1. The first-order valence-corrected chi connectivity index (χ1v) is 8.62. The van der Waals surface area contributed by atoms with Gasteiger partial charge in [0.1, 0.15) is 13.2 Å². The minimum atomic E-state index is -0.184. The van der Waals surface area contributed by atoms with Crippen molar-refractivity contribution in [3.63, 3.8) is 0 Å². The Labute approximate surface area is 155 Å². The third-order valence-corrected chi connectivity index (χ3v) is 4.15. The summed E-state index contributed by atoms with van der Waals surface area (Å²) < 4.78 is 16.3. The highest BCUT2D eigenvalue weighted by molar-refractivity contribution is 5.96. The van der Waals surface area contributed by atoms with Gasteiger partial charge in [-0.05, 0) is 36.8 Å². The average Bonchev–Trinajstić information content (AvgIpc) is 3.17. The van der Waals surface area contributed by atoms with E-state index in [-0.39, 0.29) is 5.91 Å². The summed E-state index contributed by atoms with van der Waals surface area (Å²) in [6, 6.07) is 7.20. The second-order valence-electron chi connectivity index (χ2n) is 6.07. The van der Waals surface area contributed by atoms with E-state index in [2.05, 4.69) is 20.4 Å². The van der Waals surface area contributed by atoms with Crippen molar-refractivity contribution in [3.8, 4) is 22.9 Å². The van der Waals surface area contributed by atoms with Crippen molar-refractivity contribution in [1.82, 2.24) is 20.4 Å². The summed E-state index contributed by atoms with van der Waals surface area (Å²) in [6.45, 7) is 3.24. The summed E-state index contributed by atoms with van der Waals surface area (Å²) >= 11 is 0. The van der Waals surface area contributed by atoms with Crippen LogP contribution in [0.15, 0.2) is 41.2 Å². The van der Waals surface area contributed by atoms with Gasteiger partial charge in [0.2, 0.25) is 11.7 Å². The van der Waals surface area contributed by atoms with Crippen LogP contribution >= 0.6 is 0 Å². The van der Waals surface area contributed by atoms with E-state index < -0.39 is 0 Å². The lowest BCUT2D eigenvalue weighted by Crippen LogP contribution is -2.27. The van der Waals surface area contributed by atoms with Gasteiger partial charge in [-0.2, -0.15) is 4.98 Å². The van der Waals surface area contributed by atoms with Gasteiger partial charge in [0.15, 0.2) is 11.5 Å². The summed E-state index contributed by atoms with van der Waals surface area (Å²) in [4.78, 5) is 20.8. The number of rotatable bonds is 5. The number of aryl methyl sites for hydroxylation is 1. The second-order valence-corrected chi connectivity index (χ2v) is 6.07. The van der Waals surface area contributed by atoms with Gasteiger partial charge in [0, 0.05) is 36.5 Å². The molecule has 8 heteroatoms. The fourth-order valence-electron chi connectivity index (χ4n) is 2.78. The molecule has 0 aliphatic carbocycles. The third-order valence-electron chi connectivity index (χ3n) is 4.15. The summed E-state index contributed by atoms with van der Waals surface area (Å²) in [5, 5.41) is 6.80. The molecule has 3 aromatic rings. The van der Waals surface area contributed by atoms with E-state index in [1.165, 1.54) is 0 Å². The topological polar surface area (TPSA) is 99.4 Å². The van der Waals surface area contributed by atoms with Crippen molar-refractivity contribution >= 4 is 5.91 Å². The summed E-state index contributed by atoms with van der Waals surface area (Å²) in [6.07, 6.45) is 3.78. The van der Waals surface area contributed by atoms with Gasteiger partial charge < -0.3 is 19.3 Å². The number of benzene rings is 1. The third kappa shape index (κ3) is 3.74. The van der Waals surface area contributed by atoms with E-state index in [9.17, 15) is 4.79 Å². The quantitative estimate of drug-likeness (QED) is 0.739. The molecule has 0 radical (unpaired) electrons. The van der Waals surface area contributed by atoms with Crippen molar-refractivity contribution in [3.05, 3.63) is 53.7 Å². The lowest BCUT2D eigenvalue weighted by molar-refractivity contribution is 0.0951. The molecular weight excluding hydrogens is 348 g/mol. The van der Waals surface area contributed by atoms with Gasteiger partial charge in [-0.15, -0.1) is 0 Å². The monoisotopic (exact) mass is 366 g/mol. The normalized spacial score (nSPS) is 12.6. The van der Waals surface area contributed by atoms with E-state index in [1.807, 2.05) is 19.1 Å². The molecule has 0 atom stereocenters. The molecule has 3 heterocycles. The molecule has 4 rings (SSSR count). The molecule has 0 saturated carbocycles. The molecule has 1 N–H and O–H groups in total. The number of hydrogen-bond donors (Lipinski definition) is 1. The Morgan fingerprint density at radius 1 is 1.22 bits per heavy atom. The van der Waals surface area contributed by atoms with Crippen LogP contribution in [-0.2, 0) is 6.42 Å². The zero-order valence-electron chi connectivity index (χ0n) is 14.8. The van der Waals surface area contributed by atoms with Crippen LogP contribution in [0.1, 0.15) is 21.8 Å². The summed E-state index contributed by atoms with van der Waals surface area (Å²) in [5.41, 5.74) is 2.16. The van der Waals surface area contributed by atoms with Crippen LogP contribution in [0.5, 0.6) is 11.5 Å². The summed E-state index contributed by atoms with van der Waals surface area (Å²) in [5.74, 6) is 2.01. The molecule has 1 aromatic carbocycles. The Kier molecular flexibility index (Phi) is 4.69. The van der Waals surface area contributed by atoms with Crippen molar-refractivity contribution in [2.45, 2.75) is 13.3 Å². The molecule has 0 bridgehead atoms. The Hall–Kier alpha value is -3.42. The van der Waals surface area contributed by atoms with Gasteiger partial charge in [-0.3, -0.25) is 9.78 Å². The van der Waals surface area contributed by atoms with Crippen LogP contribution in [0.3, 0.4) is 0 Å².